The van der Waals surface area contributed by atoms with E-state index >= 15 is 0 Å². The highest BCUT2D eigenvalue weighted by atomic mass is 79.9. The molecule has 3 aromatic rings. The van der Waals surface area contributed by atoms with Gasteiger partial charge in [-0.3, -0.25) is 14.6 Å². The molecule has 2 N–H and O–H groups in total. The van der Waals surface area contributed by atoms with Crippen LogP contribution < -0.4 is 10.6 Å². The minimum atomic E-state index is -0.231. The van der Waals surface area contributed by atoms with E-state index in [1.54, 1.807) is 30.5 Å². The largest absolute Gasteiger partial charge is 0.348 e. The maximum Gasteiger partial charge on any atom is 0.257 e. The number of nitrogens with zero attached hydrogens (tertiary/aromatic N) is 1. The second-order valence-electron chi connectivity index (χ2n) is 5.97. The fourth-order valence-corrected chi connectivity index (χ4v) is 2.90. The molecule has 0 aliphatic rings. The summed E-state index contributed by atoms with van der Waals surface area (Å²) in [5.41, 5.74) is 2.95. The van der Waals surface area contributed by atoms with Crippen molar-refractivity contribution in [1.29, 1.82) is 0 Å². The predicted molar refractivity (Wildman–Crippen MR) is 114 cm³/mol. The van der Waals surface area contributed by atoms with Crippen LogP contribution in [0.25, 0.3) is 6.08 Å². The summed E-state index contributed by atoms with van der Waals surface area (Å²) in [5, 5.41) is 5.67. The summed E-state index contributed by atoms with van der Waals surface area (Å²) in [4.78, 5) is 28.2. The van der Waals surface area contributed by atoms with Crippen molar-refractivity contribution in [2.45, 2.75) is 6.54 Å². The number of hydrogen-bond acceptors (Lipinski definition) is 3. The van der Waals surface area contributed by atoms with E-state index in [0.29, 0.717) is 17.8 Å². The summed E-state index contributed by atoms with van der Waals surface area (Å²) in [6.45, 7) is 0.357. The van der Waals surface area contributed by atoms with Gasteiger partial charge in [-0.15, -0.1) is 0 Å². The van der Waals surface area contributed by atoms with Gasteiger partial charge < -0.3 is 10.6 Å². The summed E-state index contributed by atoms with van der Waals surface area (Å²) in [6, 6.07) is 18.4. The van der Waals surface area contributed by atoms with Crippen molar-refractivity contribution < 1.29 is 9.59 Å². The van der Waals surface area contributed by atoms with Gasteiger partial charge in [0.2, 0.25) is 5.91 Å². The zero-order valence-electron chi connectivity index (χ0n) is 14.9. The fraction of sp³-hybridized carbons (Fsp3) is 0.0455. The lowest BCUT2D eigenvalue weighted by Gasteiger charge is -2.08. The quantitative estimate of drug-likeness (QED) is 0.562. The SMILES string of the molecule is O=C(/C=C/c1ccccc1Br)NCc1cccc(NC(=O)c2cccnc2)c1. The molecule has 1 heterocycles. The Morgan fingerprint density at radius 3 is 2.68 bits per heavy atom. The van der Waals surface area contributed by atoms with Crippen LogP contribution in [0.5, 0.6) is 0 Å². The van der Waals surface area contributed by atoms with E-state index in [0.717, 1.165) is 15.6 Å². The highest BCUT2D eigenvalue weighted by Gasteiger charge is 2.06. The molecule has 0 saturated carbocycles. The first-order valence-electron chi connectivity index (χ1n) is 8.62. The molecule has 0 atom stereocenters. The normalized spacial score (nSPS) is 10.6. The van der Waals surface area contributed by atoms with Crippen molar-refractivity contribution in [2.75, 3.05) is 5.32 Å². The summed E-state index contributed by atoms with van der Waals surface area (Å²) in [6.07, 6.45) is 6.37. The Morgan fingerprint density at radius 2 is 1.89 bits per heavy atom. The molecule has 0 unspecified atom stereocenters. The third kappa shape index (κ3) is 5.62. The number of carbonyl (C=O) groups is 2. The lowest BCUT2D eigenvalue weighted by atomic mass is 10.2. The second kappa shape index (κ2) is 9.62. The van der Waals surface area contributed by atoms with Gasteiger partial charge in [-0.05, 0) is 47.5 Å². The molecule has 6 heteroatoms. The molecule has 0 aliphatic heterocycles. The Hall–Kier alpha value is -3.25. The van der Waals surface area contributed by atoms with E-state index in [1.807, 2.05) is 42.5 Å². The smallest absolute Gasteiger partial charge is 0.257 e. The Morgan fingerprint density at radius 1 is 1.04 bits per heavy atom. The van der Waals surface area contributed by atoms with E-state index in [-0.39, 0.29) is 11.8 Å². The first-order chi connectivity index (χ1) is 13.6. The molecule has 28 heavy (non-hydrogen) atoms. The molecule has 3 rings (SSSR count). The summed E-state index contributed by atoms with van der Waals surface area (Å²) >= 11 is 3.45. The summed E-state index contributed by atoms with van der Waals surface area (Å²) in [5.74, 6) is -0.425. The Bertz CT molecular complexity index is 1000. The first-order valence-corrected chi connectivity index (χ1v) is 9.42. The number of hydrogen-bond donors (Lipinski definition) is 2. The Kier molecular flexibility index (Phi) is 6.70. The molecule has 1 aromatic heterocycles. The second-order valence-corrected chi connectivity index (χ2v) is 6.82. The molecule has 2 amide bonds. The zero-order valence-corrected chi connectivity index (χ0v) is 16.5. The maximum atomic E-state index is 12.2. The van der Waals surface area contributed by atoms with Crippen molar-refractivity contribution >= 4 is 39.5 Å². The molecule has 2 aromatic carbocycles. The number of pyridine rings is 1. The van der Waals surface area contributed by atoms with Gasteiger partial charge in [0, 0.05) is 35.2 Å². The minimum Gasteiger partial charge on any atom is -0.348 e. The van der Waals surface area contributed by atoms with Gasteiger partial charge in [-0.2, -0.15) is 0 Å². The van der Waals surface area contributed by atoms with Crippen LogP contribution in [-0.2, 0) is 11.3 Å². The average Bonchev–Trinajstić information content (AvgIpc) is 2.72. The van der Waals surface area contributed by atoms with E-state index in [2.05, 4.69) is 31.5 Å². The van der Waals surface area contributed by atoms with Crippen molar-refractivity contribution in [2.24, 2.45) is 0 Å². The topological polar surface area (TPSA) is 71.1 Å². The van der Waals surface area contributed by atoms with E-state index in [1.165, 1.54) is 12.3 Å². The van der Waals surface area contributed by atoms with Crippen LogP contribution in [0.1, 0.15) is 21.5 Å². The molecule has 0 fully saturated rings. The van der Waals surface area contributed by atoms with Crippen LogP contribution >= 0.6 is 15.9 Å². The first kappa shape index (κ1) is 19.5. The lowest BCUT2D eigenvalue weighted by molar-refractivity contribution is -0.116. The van der Waals surface area contributed by atoms with Crippen molar-refractivity contribution in [3.63, 3.8) is 0 Å². The number of carbonyl (C=O) groups excluding carboxylic acids is 2. The molecule has 140 valence electrons. The van der Waals surface area contributed by atoms with Crippen LogP contribution in [0.15, 0.2) is 83.6 Å². The van der Waals surface area contributed by atoms with Crippen molar-refractivity contribution in [3.05, 3.63) is 100 Å². The number of aromatic nitrogens is 1. The summed E-state index contributed by atoms with van der Waals surface area (Å²) in [7, 11) is 0. The van der Waals surface area contributed by atoms with Crippen LogP contribution in [0.4, 0.5) is 5.69 Å². The minimum absolute atomic E-state index is 0.194. The molecule has 0 aliphatic carbocycles. The lowest BCUT2D eigenvalue weighted by Crippen LogP contribution is -2.20. The van der Waals surface area contributed by atoms with Crippen molar-refractivity contribution in [3.8, 4) is 0 Å². The average molecular weight is 436 g/mol. The molecular formula is C22H18BrN3O2. The van der Waals surface area contributed by atoms with Gasteiger partial charge in [0.25, 0.3) is 5.91 Å². The molecular weight excluding hydrogens is 418 g/mol. The van der Waals surface area contributed by atoms with Gasteiger partial charge in [-0.25, -0.2) is 0 Å². The highest BCUT2D eigenvalue weighted by Crippen LogP contribution is 2.17. The Balaban J connectivity index is 1.56. The molecule has 0 radical (unpaired) electrons. The van der Waals surface area contributed by atoms with Crippen LogP contribution in [0.2, 0.25) is 0 Å². The maximum absolute atomic E-state index is 12.2. The fourth-order valence-electron chi connectivity index (χ4n) is 2.48. The van der Waals surface area contributed by atoms with Crippen LogP contribution in [0, 0.1) is 0 Å². The number of nitrogens with one attached hydrogen (secondary N) is 2. The molecule has 0 spiro atoms. The third-order valence-electron chi connectivity index (χ3n) is 3.89. The monoisotopic (exact) mass is 435 g/mol. The Labute approximate surface area is 171 Å². The number of benzene rings is 2. The number of halogens is 1. The van der Waals surface area contributed by atoms with Crippen LogP contribution in [0.3, 0.4) is 0 Å². The third-order valence-corrected chi connectivity index (χ3v) is 4.62. The number of anilines is 1. The highest BCUT2D eigenvalue weighted by molar-refractivity contribution is 9.10. The van der Waals surface area contributed by atoms with Gasteiger partial charge in [-0.1, -0.05) is 46.3 Å². The number of amides is 2. The van der Waals surface area contributed by atoms with Gasteiger partial charge >= 0.3 is 0 Å². The van der Waals surface area contributed by atoms with E-state index in [4.69, 9.17) is 0 Å². The van der Waals surface area contributed by atoms with Gasteiger partial charge in [0.05, 0.1) is 5.56 Å². The van der Waals surface area contributed by atoms with Gasteiger partial charge in [0.15, 0.2) is 0 Å². The zero-order chi connectivity index (χ0) is 19.8. The van der Waals surface area contributed by atoms with Gasteiger partial charge in [0.1, 0.15) is 0 Å². The number of rotatable bonds is 6. The molecule has 0 bridgehead atoms. The molecule has 5 nitrogen and oxygen atoms in total. The summed E-state index contributed by atoms with van der Waals surface area (Å²) < 4.78 is 0.927. The van der Waals surface area contributed by atoms with Crippen LogP contribution in [-0.4, -0.2) is 16.8 Å². The molecule has 0 saturated heterocycles. The standard InChI is InChI=1S/C22H18BrN3O2/c23-20-9-2-1-6-17(20)10-11-21(27)25-14-16-5-3-8-19(13-16)26-22(28)18-7-4-12-24-15-18/h1-13,15H,14H2,(H,25,27)(H,26,28)/b11-10+. The van der Waals surface area contributed by atoms with Crippen molar-refractivity contribution in [1.82, 2.24) is 10.3 Å². The predicted octanol–water partition coefficient (Wildman–Crippen LogP) is 4.43. The van der Waals surface area contributed by atoms with E-state index < -0.39 is 0 Å². The van der Waals surface area contributed by atoms with E-state index in [9.17, 15) is 9.59 Å².